The van der Waals surface area contributed by atoms with Crippen LogP contribution in [0.3, 0.4) is 0 Å². The lowest BCUT2D eigenvalue weighted by Crippen LogP contribution is -2.31. The Labute approximate surface area is 139 Å². The van der Waals surface area contributed by atoms with Crippen LogP contribution in [0.2, 0.25) is 0 Å². The zero-order chi connectivity index (χ0) is 16.9. The largest absolute Gasteiger partial charge is 0.481 e. The van der Waals surface area contributed by atoms with Gasteiger partial charge in [0, 0.05) is 11.6 Å². The number of hydrogen-bond acceptors (Lipinski definition) is 3. The van der Waals surface area contributed by atoms with Crippen molar-refractivity contribution in [3.8, 4) is 5.75 Å². The highest BCUT2D eigenvalue weighted by molar-refractivity contribution is 5.85. The van der Waals surface area contributed by atoms with Gasteiger partial charge in [-0.05, 0) is 36.8 Å². The molecular weight excluding hydrogens is 307 g/mol. The van der Waals surface area contributed by atoms with E-state index < -0.39 is 0 Å². The van der Waals surface area contributed by atoms with Gasteiger partial charge in [-0.2, -0.15) is 0 Å². The Morgan fingerprint density at radius 1 is 1.17 bits per heavy atom. The van der Waals surface area contributed by atoms with E-state index in [0.29, 0.717) is 5.75 Å². The second-order valence-corrected chi connectivity index (χ2v) is 5.46. The lowest BCUT2D eigenvalue weighted by molar-refractivity contribution is -0.123. The molecule has 24 heavy (non-hydrogen) atoms. The highest BCUT2D eigenvalue weighted by Gasteiger charge is 2.11. The summed E-state index contributed by atoms with van der Waals surface area (Å²) >= 11 is 0. The molecule has 0 radical (unpaired) electrons. The van der Waals surface area contributed by atoms with Gasteiger partial charge in [0.2, 0.25) is 0 Å². The van der Waals surface area contributed by atoms with Crippen LogP contribution in [0.5, 0.6) is 5.75 Å². The van der Waals surface area contributed by atoms with Gasteiger partial charge in [-0.3, -0.25) is 9.78 Å². The summed E-state index contributed by atoms with van der Waals surface area (Å²) in [5, 5.41) is 3.78. The topological polar surface area (TPSA) is 51.2 Å². The van der Waals surface area contributed by atoms with Gasteiger partial charge in [-0.25, -0.2) is 4.39 Å². The molecule has 0 aliphatic carbocycles. The standard InChI is InChI=1S/C19H17FN2O2/c1-13(14-7-9-16(20)10-8-14)22-18(23)12-24-17-6-2-4-15-5-3-11-21-19(15)17/h2-11,13H,12H2,1H3,(H,22,23). The number of ether oxygens (including phenoxy) is 1. The third-order valence-corrected chi connectivity index (χ3v) is 3.70. The van der Waals surface area contributed by atoms with E-state index in [2.05, 4.69) is 10.3 Å². The fraction of sp³-hybridized carbons (Fsp3) is 0.158. The summed E-state index contributed by atoms with van der Waals surface area (Å²) in [5.41, 5.74) is 1.55. The Balaban J connectivity index is 1.62. The number of para-hydroxylation sites is 1. The number of carbonyl (C=O) groups is 1. The molecule has 0 fully saturated rings. The van der Waals surface area contributed by atoms with Gasteiger partial charge < -0.3 is 10.1 Å². The summed E-state index contributed by atoms with van der Waals surface area (Å²) in [7, 11) is 0. The predicted molar refractivity (Wildman–Crippen MR) is 90.2 cm³/mol. The van der Waals surface area contributed by atoms with Gasteiger partial charge >= 0.3 is 0 Å². The van der Waals surface area contributed by atoms with E-state index in [1.165, 1.54) is 12.1 Å². The number of halogens is 1. The molecule has 1 atom stereocenters. The average Bonchev–Trinajstić information content (AvgIpc) is 2.60. The quantitative estimate of drug-likeness (QED) is 0.780. The van der Waals surface area contributed by atoms with E-state index in [0.717, 1.165) is 16.5 Å². The molecule has 0 aliphatic heterocycles. The first-order chi connectivity index (χ1) is 11.6. The molecule has 1 N–H and O–H groups in total. The Hall–Kier alpha value is -2.95. The highest BCUT2D eigenvalue weighted by atomic mass is 19.1. The minimum absolute atomic E-state index is 0.110. The lowest BCUT2D eigenvalue weighted by Gasteiger charge is -2.15. The molecule has 1 amide bonds. The van der Waals surface area contributed by atoms with Crippen LogP contribution in [-0.2, 0) is 4.79 Å². The molecule has 1 unspecified atom stereocenters. The second kappa shape index (κ2) is 7.08. The number of amides is 1. The van der Waals surface area contributed by atoms with E-state index in [1.807, 2.05) is 31.2 Å². The van der Waals surface area contributed by atoms with Crippen molar-refractivity contribution >= 4 is 16.8 Å². The first-order valence-corrected chi connectivity index (χ1v) is 7.65. The molecule has 3 rings (SSSR count). The molecule has 0 spiro atoms. The number of carbonyl (C=O) groups excluding carboxylic acids is 1. The number of nitrogens with one attached hydrogen (secondary N) is 1. The maximum absolute atomic E-state index is 12.9. The Morgan fingerprint density at radius 2 is 1.92 bits per heavy atom. The Morgan fingerprint density at radius 3 is 2.71 bits per heavy atom. The molecule has 0 saturated carbocycles. The van der Waals surface area contributed by atoms with Gasteiger partial charge in [0.25, 0.3) is 5.91 Å². The third kappa shape index (κ3) is 3.68. The SMILES string of the molecule is CC(NC(=O)COc1cccc2cccnc12)c1ccc(F)cc1. The van der Waals surface area contributed by atoms with Crippen LogP contribution < -0.4 is 10.1 Å². The molecule has 1 heterocycles. The molecule has 1 aromatic heterocycles. The number of benzene rings is 2. The maximum atomic E-state index is 12.9. The van der Waals surface area contributed by atoms with E-state index in [1.54, 1.807) is 24.4 Å². The average molecular weight is 324 g/mol. The van der Waals surface area contributed by atoms with Crippen LogP contribution in [0, 0.1) is 5.82 Å². The van der Waals surface area contributed by atoms with Crippen molar-refractivity contribution in [2.45, 2.75) is 13.0 Å². The second-order valence-electron chi connectivity index (χ2n) is 5.46. The molecule has 5 heteroatoms. The molecule has 2 aromatic carbocycles. The third-order valence-electron chi connectivity index (χ3n) is 3.70. The normalized spacial score (nSPS) is 11.9. The molecule has 3 aromatic rings. The van der Waals surface area contributed by atoms with Gasteiger partial charge in [-0.1, -0.05) is 30.3 Å². The first kappa shape index (κ1) is 15.9. The minimum Gasteiger partial charge on any atom is -0.481 e. The number of aromatic nitrogens is 1. The maximum Gasteiger partial charge on any atom is 0.258 e. The van der Waals surface area contributed by atoms with Crippen LogP contribution in [0.25, 0.3) is 10.9 Å². The number of fused-ring (bicyclic) bond motifs is 1. The fourth-order valence-electron chi connectivity index (χ4n) is 2.45. The predicted octanol–water partition coefficient (Wildman–Crippen LogP) is 3.63. The highest BCUT2D eigenvalue weighted by Crippen LogP contribution is 2.22. The smallest absolute Gasteiger partial charge is 0.258 e. The summed E-state index contributed by atoms with van der Waals surface area (Å²) in [6.45, 7) is 1.73. The molecule has 4 nitrogen and oxygen atoms in total. The number of nitrogens with zero attached hydrogens (tertiary/aromatic N) is 1. The Kier molecular flexibility index (Phi) is 4.70. The Bertz CT molecular complexity index is 844. The molecule has 0 bridgehead atoms. The number of rotatable bonds is 5. The summed E-state index contributed by atoms with van der Waals surface area (Å²) in [5.74, 6) is 0.0153. The zero-order valence-corrected chi connectivity index (χ0v) is 13.2. The summed E-state index contributed by atoms with van der Waals surface area (Å²) in [4.78, 5) is 16.4. The monoisotopic (exact) mass is 324 g/mol. The molecule has 122 valence electrons. The van der Waals surface area contributed by atoms with Crippen LogP contribution in [0.15, 0.2) is 60.8 Å². The van der Waals surface area contributed by atoms with Crippen molar-refractivity contribution < 1.29 is 13.9 Å². The van der Waals surface area contributed by atoms with E-state index in [9.17, 15) is 9.18 Å². The molecule has 0 saturated heterocycles. The van der Waals surface area contributed by atoms with Crippen LogP contribution in [0.1, 0.15) is 18.5 Å². The van der Waals surface area contributed by atoms with E-state index >= 15 is 0 Å². The van der Waals surface area contributed by atoms with Gasteiger partial charge in [-0.15, -0.1) is 0 Å². The number of pyridine rings is 1. The van der Waals surface area contributed by atoms with Gasteiger partial charge in [0.15, 0.2) is 6.61 Å². The molecular formula is C19H17FN2O2. The summed E-state index contributed by atoms with van der Waals surface area (Å²) in [6.07, 6.45) is 1.69. The van der Waals surface area contributed by atoms with Crippen LogP contribution in [0.4, 0.5) is 4.39 Å². The van der Waals surface area contributed by atoms with E-state index in [-0.39, 0.29) is 24.4 Å². The molecule has 0 aliphatic rings. The van der Waals surface area contributed by atoms with E-state index in [4.69, 9.17) is 4.74 Å². The number of hydrogen-bond donors (Lipinski definition) is 1. The summed E-state index contributed by atoms with van der Waals surface area (Å²) in [6, 6.07) is 15.2. The van der Waals surface area contributed by atoms with Crippen molar-refractivity contribution in [3.63, 3.8) is 0 Å². The van der Waals surface area contributed by atoms with Gasteiger partial charge in [0.1, 0.15) is 17.1 Å². The van der Waals surface area contributed by atoms with Crippen molar-refractivity contribution in [1.29, 1.82) is 0 Å². The fourth-order valence-corrected chi connectivity index (χ4v) is 2.45. The summed E-state index contributed by atoms with van der Waals surface area (Å²) < 4.78 is 18.5. The lowest BCUT2D eigenvalue weighted by atomic mass is 10.1. The zero-order valence-electron chi connectivity index (χ0n) is 13.2. The van der Waals surface area contributed by atoms with Crippen LogP contribution in [-0.4, -0.2) is 17.5 Å². The first-order valence-electron chi connectivity index (χ1n) is 7.65. The van der Waals surface area contributed by atoms with Crippen molar-refractivity contribution in [3.05, 3.63) is 72.2 Å². The van der Waals surface area contributed by atoms with Crippen LogP contribution >= 0.6 is 0 Å². The van der Waals surface area contributed by atoms with Crippen molar-refractivity contribution in [1.82, 2.24) is 10.3 Å². The van der Waals surface area contributed by atoms with Crippen molar-refractivity contribution in [2.75, 3.05) is 6.61 Å². The minimum atomic E-state index is -0.302. The van der Waals surface area contributed by atoms with Gasteiger partial charge in [0.05, 0.1) is 6.04 Å². The van der Waals surface area contributed by atoms with Crippen molar-refractivity contribution in [2.24, 2.45) is 0 Å².